The average molecular weight is 490 g/mol. The van der Waals surface area contributed by atoms with Gasteiger partial charge in [0.15, 0.2) is 0 Å². The predicted molar refractivity (Wildman–Crippen MR) is 128 cm³/mol. The number of thioether (sulfide) groups is 1. The molecule has 156 valence electrons. The summed E-state index contributed by atoms with van der Waals surface area (Å²) >= 11 is 19.3. The van der Waals surface area contributed by atoms with E-state index in [-0.39, 0.29) is 15.6 Å². The second-order valence-corrected chi connectivity index (χ2v) is 9.13. The largest absolute Gasteiger partial charge is 0.350 e. The number of benzene rings is 3. The summed E-state index contributed by atoms with van der Waals surface area (Å²) < 4.78 is 0. The minimum absolute atomic E-state index is 0.194. The van der Waals surface area contributed by atoms with E-state index < -0.39 is 11.8 Å². The van der Waals surface area contributed by atoms with Gasteiger partial charge in [-0.05, 0) is 61.5 Å². The van der Waals surface area contributed by atoms with Crippen molar-refractivity contribution in [1.29, 1.82) is 0 Å². The lowest BCUT2D eigenvalue weighted by Crippen LogP contribution is -2.32. The molecule has 1 aliphatic rings. The second-order valence-electron chi connectivity index (χ2n) is 6.80. The highest BCUT2D eigenvalue weighted by atomic mass is 35.5. The van der Waals surface area contributed by atoms with E-state index in [9.17, 15) is 9.59 Å². The lowest BCUT2D eigenvalue weighted by molar-refractivity contribution is -0.120. The Labute approximate surface area is 198 Å². The fourth-order valence-corrected chi connectivity index (χ4v) is 4.32. The van der Waals surface area contributed by atoms with Gasteiger partial charge in [-0.25, -0.2) is 4.90 Å². The molecule has 3 aromatic rings. The molecule has 1 aliphatic heterocycles. The van der Waals surface area contributed by atoms with E-state index in [0.717, 1.165) is 15.4 Å². The third kappa shape index (κ3) is 4.60. The molecule has 2 amide bonds. The molecular weight excluding hydrogens is 475 g/mol. The van der Waals surface area contributed by atoms with Gasteiger partial charge in [0, 0.05) is 15.6 Å². The molecule has 4 nitrogen and oxygen atoms in total. The van der Waals surface area contributed by atoms with Gasteiger partial charge < -0.3 is 5.32 Å². The minimum atomic E-state index is -0.472. The summed E-state index contributed by atoms with van der Waals surface area (Å²) in [5, 5.41) is 4.30. The number of hydrogen-bond donors (Lipinski definition) is 1. The first-order valence-corrected chi connectivity index (χ1v) is 11.1. The van der Waals surface area contributed by atoms with E-state index in [1.165, 1.54) is 17.8 Å². The van der Waals surface area contributed by atoms with Gasteiger partial charge in [0.05, 0.1) is 15.7 Å². The first-order valence-electron chi connectivity index (χ1n) is 9.19. The Morgan fingerprint density at radius 2 is 1.48 bits per heavy atom. The highest BCUT2D eigenvalue weighted by Crippen LogP contribution is 2.39. The third-order valence-electron chi connectivity index (χ3n) is 4.56. The number of carbonyl (C=O) groups is 2. The molecule has 8 heteroatoms. The van der Waals surface area contributed by atoms with Crippen LogP contribution in [-0.2, 0) is 9.59 Å². The van der Waals surface area contributed by atoms with Crippen molar-refractivity contribution < 1.29 is 9.59 Å². The Balaban J connectivity index is 1.74. The van der Waals surface area contributed by atoms with Crippen molar-refractivity contribution in [2.45, 2.75) is 11.8 Å². The molecule has 1 N–H and O–H groups in total. The third-order valence-corrected chi connectivity index (χ3v) is 6.64. The molecular formula is C23H15Cl3N2O2S. The Bertz CT molecular complexity index is 1140. The highest BCUT2D eigenvalue weighted by Gasteiger charge is 2.40. The highest BCUT2D eigenvalue weighted by molar-refractivity contribution is 8.04. The fraction of sp³-hybridized carbons (Fsp3) is 0.0435. The number of halogens is 3. The van der Waals surface area contributed by atoms with E-state index in [1.807, 2.05) is 31.2 Å². The number of nitrogens with zero attached hydrogens (tertiary/aromatic N) is 1. The molecule has 0 spiro atoms. The summed E-state index contributed by atoms with van der Waals surface area (Å²) in [4.78, 5) is 28.8. The number of carbonyl (C=O) groups excluding carboxylic acids is 2. The average Bonchev–Trinajstić information content (AvgIpc) is 2.97. The van der Waals surface area contributed by atoms with Crippen molar-refractivity contribution >= 4 is 69.8 Å². The van der Waals surface area contributed by atoms with E-state index in [2.05, 4.69) is 5.32 Å². The number of rotatable bonds is 5. The van der Waals surface area contributed by atoms with Crippen molar-refractivity contribution in [3.8, 4) is 0 Å². The van der Waals surface area contributed by atoms with Crippen LogP contribution >= 0.6 is 46.6 Å². The molecule has 0 atom stereocenters. The van der Waals surface area contributed by atoms with E-state index in [1.54, 1.807) is 36.4 Å². The van der Waals surface area contributed by atoms with Gasteiger partial charge in [-0.15, -0.1) is 0 Å². The molecule has 0 aromatic heterocycles. The molecule has 0 saturated heterocycles. The summed E-state index contributed by atoms with van der Waals surface area (Å²) in [6.45, 7) is 1.97. The van der Waals surface area contributed by atoms with Crippen molar-refractivity contribution in [3.63, 3.8) is 0 Å². The van der Waals surface area contributed by atoms with Crippen LogP contribution < -0.4 is 10.2 Å². The van der Waals surface area contributed by atoms with Crippen LogP contribution in [0.3, 0.4) is 0 Å². The van der Waals surface area contributed by atoms with Crippen molar-refractivity contribution in [1.82, 2.24) is 0 Å². The monoisotopic (exact) mass is 488 g/mol. The van der Waals surface area contributed by atoms with E-state index >= 15 is 0 Å². The number of aryl methyl sites for hydroxylation is 1. The summed E-state index contributed by atoms with van der Waals surface area (Å²) in [6, 6.07) is 19.2. The summed E-state index contributed by atoms with van der Waals surface area (Å²) in [5.74, 6) is -0.918. The number of nitrogens with one attached hydrogen (secondary N) is 1. The van der Waals surface area contributed by atoms with Gasteiger partial charge in [-0.1, -0.05) is 64.3 Å². The van der Waals surface area contributed by atoms with Gasteiger partial charge >= 0.3 is 0 Å². The zero-order chi connectivity index (χ0) is 22.1. The second kappa shape index (κ2) is 8.97. The summed E-state index contributed by atoms with van der Waals surface area (Å²) in [7, 11) is 0. The summed E-state index contributed by atoms with van der Waals surface area (Å²) in [5.41, 5.74) is 2.33. The predicted octanol–water partition coefficient (Wildman–Crippen LogP) is 6.94. The lowest BCUT2D eigenvalue weighted by atomic mass is 10.2. The number of amides is 2. The zero-order valence-electron chi connectivity index (χ0n) is 16.2. The number of hydrogen-bond acceptors (Lipinski definition) is 4. The fourth-order valence-electron chi connectivity index (χ4n) is 2.97. The Morgan fingerprint density at radius 1 is 0.806 bits per heavy atom. The summed E-state index contributed by atoms with van der Waals surface area (Å²) in [6.07, 6.45) is 0. The van der Waals surface area contributed by atoms with E-state index in [0.29, 0.717) is 21.4 Å². The van der Waals surface area contributed by atoms with Crippen LogP contribution in [0.5, 0.6) is 0 Å². The topological polar surface area (TPSA) is 49.4 Å². The van der Waals surface area contributed by atoms with Crippen molar-refractivity contribution in [2.75, 3.05) is 10.2 Å². The molecule has 0 saturated carbocycles. The Kier molecular flexibility index (Phi) is 6.30. The lowest BCUT2D eigenvalue weighted by Gasteiger charge is -2.16. The van der Waals surface area contributed by atoms with Crippen LogP contribution in [-0.4, -0.2) is 11.8 Å². The van der Waals surface area contributed by atoms with Gasteiger partial charge in [0.25, 0.3) is 11.8 Å². The quantitative estimate of drug-likeness (QED) is 0.394. The molecule has 0 fully saturated rings. The first kappa shape index (κ1) is 21.8. The molecule has 3 aromatic carbocycles. The van der Waals surface area contributed by atoms with Gasteiger partial charge in [0.1, 0.15) is 10.6 Å². The molecule has 0 bridgehead atoms. The molecule has 31 heavy (non-hydrogen) atoms. The first-order chi connectivity index (χ1) is 14.8. The molecule has 4 rings (SSSR count). The Morgan fingerprint density at radius 3 is 2.13 bits per heavy atom. The maximum atomic E-state index is 13.3. The smallest absolute Gasteiger partial charge is 0.283 e. The zero-order valence-corrected chi connectivity index (χ0v) is 19.2. The molecule has 0 unspecified atom stereocenters. The Hall–Kier alpha value is -2.44. The molecule has 1 heterocycles. The maximum Gasteiger partial charge on any atom is 0.283 e. The van der Waals surface area contributed by atoms with Crippen LogP contribution in [0.1, 0.15) is 5.56 Å². The van der Waals surface area contributed by atoms with Crippen LogP contribution in [0, 0.1) is 6.92 Å². The van der Waals surface area contributed by atoms with E-state index in [4.69, 9.17) is 34.8 Å². The molecule has 0 aliphatic carbocycles. The molecule has 0 radical (unpaired) electrons. The van der Waals surface area contributed by atoms with Crippen molar-refractivity contribution in [3.05, 3.63) is 98.0 Å². The van der Waals surface area contributed by atoms with Crippen LogP contribution in [0.4, 0.5) is 11.4 Å². The SMILES string of the molecule is Cc1ccc(NC2=C(Sc3ccc(Cl)cc3)C(=O)N(c3ccc(Cl)c(Cl)c3)C2=O)cc1. The van der Waals surface area contributed by atoms with Crippen LogP contribution in [0.15, 0.2) is 82.2 Å². The van der Waals surface area contributed by atoms with Gasteiger partial charge in [-0.2, -0.15) is 0 Å². The van der Waals surface area contributed by atoms with Crippen molar-refractivity contribution in [2.24, 2.45) is 0 Å². The maximum absolute atomic E-state index is 13.3. The normalized spacial score (nSPS) is 13.9. The van der Waals surface area contributed by atoms with Crippen LogP contribution in [0.25, 0.3) is 0 Å². The minimum Gasteiger partial charge on any atom is -0.350 e. The van der Waals surface area contributed by atoms with Gasteiger partial charge in [-0.3, -0.25) is 9.59 Å². The van der Waals surface area contributed by atoms with Crippen LogP contribution in [0.2, 0.25) is 15.1 Å². The standard InChI is InChI=1S/C23H15Cl3N2O2S/c1-13-2-6-15(7-3-13)27-20-21(31-17-9-4-14(24)5-10-17)23(30)28(22(20)29)16-8-11-18(25)19(26)12-16/h2-12,27H,1H3. The number of anilines is 2. The van der Waals surface area contributed by atoms with Gasteiger partial charge in [0.2, 0.25) is 0 Å². The number of imide groups is 1.